The van der Waals surface area contributed by atoms with E-state index in [1.165, 1.54) is 128 Å². The summed E-state index contributed by atoms with van der Waals surface area (Å²) >= 11 is 0. The van der Waals surface area contributed by atoms with Gasteiger partial charge in [0.15, 0.2) is 0 Å². The van der Waals surface area contributed by atoms with Gasteiger partial charge < -0.3 is 19.8 Å². The van der Waals surface area contributed by atoms with Crippen molar-refractivity contribution in [2.24, 2.45) is 92.7 Å². The number of fused-ring (bicyclic) bond motifs is 10. The first kappa shape index (κ1) is 42.8. The molecule has 0 heterocycles. The summed E-state index contributed by atoms with van der Waals surface area (Å²) in [5, 5.41) is 21.9. The average molecular weight is 759 g/mol. The third kappa shape index (κ3) is 7.76. The monoisotopic (exact) mass is 759 g/mol. The quantitative estimate of drug-likeness (QED) is 0.231. The molecule has 4 nitrogen and oxygen atoms in total. The van der Waals surface area contributed by atoms with E-state index in [9.17, 15) is 19.8 Å². The number of carbonyl (C=O) groups excluding carboxylic acids is 2. The number of carboxylic acid groups (broad SMARTS) is 2. The minimum Gasteiger partial charge on any atom is -0.550 e. The summed E-state index contributed by atoms with van der Waals surface area (Å²) in [6.45, 7) is 15.1. The predicted octanol–water partition coefficient (Wildman–Crippen LogP) is 10.0. The molecule has 8 saturated carbocycles. The van der Waals surface area contributed by atoms with E-state index >= 15 is 0 Å². The van der Waals surface area contributed by atoms with Gasteiger partial charge in [0.05, 0.1) is 0 Å². The summed E-state index contributed by atoms with van der Waals surface area (Å²) in [5.74, 6) is 8.41. The van der Waals surface area contributed by atoms with Crippen molar-refractivity contribution in [3.8, 4) is 0 Å². The van der Waals surface area contributed by atoms with Crippen molar-refractivity contribution < 1.29 is 19.8 Å². The fourth-order valence-corrected chi connectivity index (χ4v) is 17.6. The molecular weight excluding hydrogens is 681 g/mol. The van der Waals surface area contributed by atoms with Crippen LogP contribution < -0.4 is 10.2 Å². The second-order valence-electron chi connectivity index (χ2n) is 22.0. The molecule has 0 spiro atoms. The van der Waals surface area contributed by atoms with Crippen LogP contribution in [0, 0.1) is 92.7 Å². The van der Waals surface area contributed by atoms with E-state index in [0.717, 1.165) is 72.0 Å². The van der Waals surface area contributed by atoms with Gasteiger partial charge in [-0.3, -0.25) is 0 Å². The Hall–Kier alpha value is 0.200. The standard InChI is InChI=1S/2C24H40O2.Ca/c2*1-16(7-12-22(25)26)19-10-11-20-18-9-8-17-6-4-5-14-23(17,2)21(18)13-15-24(19,20)3;/h2*16-21H,4-15H2,1-3H3,(H,25,26);/q;;+2/p-2/t2*16-,17?,18+,19-,20+,21+,23+,24-;/m11./s1. The molecule has 2 unspecified atom stereocenters. The zero-order valence-corrected chi connectivity index (χ0v) is 37.4. The molecular formula is C48H78CaO4. The van der Waals surface area contributed by atoms with Gasteiger partial charge in [-0.1, -0.05) is 67.2 Å². The Morgan fingerprint density at radius 2 is 0.868 bits per heavy atom. The molecule has 0 saturated heterocycles. The summed E-state index contributed by atoms with van der Waals surface area (Å²) in [5.41, 5.74) is 2.18. The molecule has 8 aliphatic carbocycles. The van der Waals surface area contributed by atoms with E-state index in [4.69, 9.17) is 0 Å². The molecule has 0 aliphatic heterocycles. The number of aliphatic carboxylic acids is 2. The van der Waals surface area contributed by atoms with Crippen molar-refractivity contribution in [3.05, 3.63) is 0 Å². The van der Waals surface area contributed by atoms with E-state index in [0.29, 0.717) is 33.5 Å². The van der Waals surface area contributed by atoms with Crippen LogP contribution in [0.5, 0.6) is 0 Å². The summed E-state index contributed by atoms with van der Waals surface area (Å²) < 4.78 is 0. The zero-order chi connectivity index (χ0) is 37.1. The fourth-order valence-electron chi connectivity index (χ4n) is 17.6. The number of hydrogen-bond donors (Lipinski definition) is 0. The SMILES string of the molecule is C[C@H](CCC(=O)[O-])[C@H]1CC[C@H]2[C@@H]3CCC4CCCC[C@]4(C)[C@H]3CC[C@]12C.C[C@H](CCC(=O)[O-])[C@H]1CC[C@H]2[C@@H]3CCC4CCCC[C@]4(C)[C@H]3CC[C@]12C.[Ca+2]. The minimum atomic E-state index is -0.871. The second-order valence-corrected chi connectivity index (χ2v) is 22.0. The van der Waals surface area contributed by atoms with Crippen LogP contribution in [0.2, 0.25) is 0 Å². The number of carboxylic acids is 2. The summed E-state index contributed by atoms with van der Waals surface area (Å²) in [7, 11) is 0. The number of hydrogen-bond acceptors (Lipinski definition) is 4. The molecule has 0 amide bonds. The summed E-state index contributed by atoms with van der Waals surface area (Å²) in [4.78, 5) is 21.9. The van der Waals surface area contributed by atoms with Crippen molar-refractivity contribution in [2.75, 3.05) is 0 Å². The molecule has 0 aromatic heterocycles. The molecule has 0 radical (unpaired) electrons. The van der Waals surface area contributed by atoms with Crippen LogP contribution in [0.25, 0.3) is 0 Å². The van der Waals surface area contributed by atoms with Gasteiger partial charge in [0, 0.05) is 11.9 Å². The van der Waals surface area contributed by atoms with Crippen LogP contribution in [-0.2, 0) is 9.59 Å². The van der Waals surface area contributed by atoms with Crippen LogP contribution in [0.1, 0.15) is 196 Å². The van der Waals surface area contributed by atoms with Gasteiger partial charge in [-0.05, 0) is 221 Å². The number of carbonyl (C=O) groups is 2. The van der Waals surface area contributed by atoms with E-state index in [1.54, 1.807) is 0 Å². The Bertz CT molecular complexity index is 1190. The topological polar surface area (TPSA) is 80.3 Å². The normalized spacial score (nSPS) is 48.0. The minimum absolute atomic E-state index is 0. The Labute approximate surface area is 355 Å². The van der Waals surface area contributed by atoms with Gasteiger partial charge in [0.25, 0.3) is 0 Å². The predicted molar refractivity (Wildman–Crippen MR) is 212 cm³/mol. The fraction of sp³-hybridized carbons (Fsp3) is 0.958. The molecule has 16 atom stereocenters. The van der Waals surface area contributed by atoms with Gasteiger partial charge in [0.2, 0.25) is 0 Å². The summed E-state index contributed by atoms with van der Waals surface area (Å²) in [6, 6.07) is 0. The van der Waals surface area contributed by atoms with Crippen molar-refractivity contribution in [1.29, 1.82) is 0 Å². The molecule has 0 aromatic carbocycles. The maximum atomic E-state index is 10.9. The van der Waals surface area contributed by atoms with Crippen LogP contribution >= 0.6 is 0 Å². The third-order valence-corrected chi connectivity index (χ3v) is 20.3. The maximum absolute atomic E-state index is 10.9. The zero-order valence-electron chi connectivity index (χ0n) is 35.2. The average Bonchev–Trinajstić information content (AvgIpc) is 3.66. The van der Waals surface area contributed by atoms with E-state index < -0.39 is 11.9 Å². The first-order valence-electron chi connectivity index (χ1n) is 23.1. The largest absolute Gasteiger partial charge is 2.00 e. The van der Waals surface area contributed by atoms with Crippen molar-refractivity contribution in [1.82, 2.24) is 0 Å². The second kappa shape index (κ2) is 16.8. The molecule has 296 valence electrons. The van der Waals surface area contributed by atoms with Crippen LogP contribution in [0.3, 0.4) is 0 Å². The summed E-state index contributed by atoms with van der Waals surface area (Å²) in [6.07, 6.45) is 30.9. The molecule has 0 bridgehead atoms. The third-order valence-electron chi connectivity index (χ3n) is 20.3. The molecule has 0 aromatic rings. The van der Waals surface area contributed by atoms with Gasteiger partial charge in [-0.2, -0.15) is 0 Å². The number of rotatable bonds is 8. The molecule has 5 heteroatoms. The Morgan fingerprint density at radius 3 is 1.25 bits per heavy atom. The van der Waals surface area contributed by atoms with E-state index in [2.05, 4.69) is 41.5 Å². The van der Waals surface area contributed by atoms with Gasteiger partial charge in [0.1, 0.15) is 0 Å². The smallest absolute Gasteiger partial charge is 0.550 e. The molecule has 8 aliphatic rings. The molecule has 0 N–H and O–H groups in total. The van der Waals surface area contributed by atoms with Crippen molar-refractivity contribution in [2.45, 2.75) is 196 Å². The first-order valence-corrected chi connectivity index (χ1v) is 23.1. The first-order chi connectivity index (χ1) is 24.7. The van der Waals surface area contributed by atoms with Crippen LogP contribution in [0.4, 0.5) is 0 Å². The van der Waals surface area contributed by atoms with Crippen LogP contribution in [0.15, 0.2) is 0 Å². The molecule has 8 rings (SSSR count). The Morgan fingerprint density at radius 1 is 0.491 bits per heavy atom. The maximum Gasteiger partial charge on any atom is 2.00 e. The van der Waals surface area contributed by atoms with Gasteiger partial charge in [-0.25, -0.2) is 0 Å². The van der Waals surface area contributed by atoms with Crippen molar-refractivity contribution >= 4 is 49.7 Å². The molecule has 8 fully saturated rings. The van der Waals surface area contributed by atoms with E-state index in [-0.39, 0.29) is 50.6 Å². The van der Waals surface area contributed by atoms with Crippen LogP contribution in [-0.4, -0.2) is 49.7 Å². The Kier molecular flexibility index (Phi) is 13.6. The van der Waals surface area contributed by atoms with E-state index in [1.807, 2.05) is 0 Å². The Balaban J connectivity index is 0.000000178. The van der Waals surface area contributed by atoms with Gasteiger partial charge >= 0.3 is 37.7 Å². The molecule has 53 heavy (non-hydrogen) atoms. The van der Waals surface area contributed by atoms with Crippen molar-refractivity contribution in [3.63, 3.8) is 0 Å². The van der Waals surface area contributed by atoms with Gasteiger partial charge in [-0.15, -0.1) is 0 Å².